The molecule has 83 valence electrons. The molecule has 0 heterocycles. The van der Waals surface area contributed by atoms with Gasteiger partial charge >= 0.3 is 21.7 Å². The van der Waals surface area contributed by atoms with Crippen LogP contribution in [0, 0.1) is 5.92 Å². The van der Waals surface area contributed by atoms with Crippen LogP contribution in [0.2, 0.25) is 22.7 Å². The molecule has 0 aliphatic rings. The van der Waals surface area contributed by atoms with E-state index in [0.29, 0.717) is 0 Å². The van der Waals surface area contributed by atoms with E-state index in [1.165, 1.54) is 4.55 Å². The third-order valence-electron chi connectivity index (χ3n) is 2.41. The predicted molar refractivity (Wildman–Crippen MR) is 75.1 cm³/mol. The van der Waals surface area contributed by atoms with Crippen molar-refractivity contribution >= 4 is 47.0 Å². The molecule has 0 atom stereocenters. The minimum atomic E-state index is -1.86. The summed E-state index contributed by atoms with van der Waals surface area (Å²) in [5.41, 5.74) is 0. The van der Waals surface area contributed by atoms with Gasteiger partial charge in [-0.05, 0) is 18.1 Å². The number of rotatable bonds is 1. The zero-order valence-electron chi connectivity index (χ0n) is 10.8. The van der Waals surface area contributed by atoms with Crippen LogP contribution in [0.1, 0.15) is 34.6 Å². The average molecular weight is 295 g/mol. The van der Waals surface area contributed by atoms with E-state index in [0.717, 1.165) is 5.92 Å². The molecule has 4 heteroatoms. The lowest BCUT2D eigenvalue weighted by atomic mass is 10.2. The first-order chi connectivity index (χ1) is 5.52. The molecule has 0 rings (SSSR count). The van der Waals surface area contributed by atoms with Crippen LogP contribution in [-0.4, -0.2) is 34.8 Å². The van der Waals surface area contributed by atoms with Crippen molar-refractivity contribution in [2.75, 3.05) is 0 Å². The van der Waals surface area contributed by atoms with Crippen molar-refractivity contribution in [1.29, 1.82) is 0 Å². The summed E-state index contributed by atoms with van der Waals surface area (Å²) in [6.45, 7) is 14.6. The van der Waals surface area contributed by atoms with Crippen LogP contribution in [-0.2, 0) is 0 Å². The van der Waals surface area contributed by atoms with Gasteiger partial charge in [0.25, 0.3) is 4.55 Å². The third-order valence-corrected chi connectivity index (χ3v) is 7.24. The Hall–Kier alpha value is 1.42. The molecule has 0 amide bonds. The van der Waals surface area contributed by atoms with Crippen molar-refractivity contribution in [3.63, 3.8) is 0 Å². The highest BCUT2D eigenvalue weighted by molar-refractivity contribution is 8.93. The Kier molecular flexibility index (Phi) is 12.7. The lowest BCUT2D eigenvalue weighted by Gasteiger charge is -2.30. The molecule has 0 aromatic carbocycles. The molecular formula is C10H26BrMgOSi+2. The highest BCUT2D eigenvalue weighted by Crippen LogP contribution is 2.33. The summed E-state index contributed by atoms with van der Waals surface area (Å²) >= 11 is 2.03. The van der Waals surface area contributed by atoms with Gasteiger partial charge < -0.3 is 4.80 Å². The van der Waals surface area contributed by atoms with Crippen molar-refractivity contribution in [2.45, 2.75) is 57.3 Å². The lowest BCUT2D eigenvalue weighted by molar-refractivity contribution is 0.487. The smallest absolute Gasteiger partial charge is 0.432 e. The fourth-order valence-electron chi connectivity index (χ4n) is 0. The summed E-state index contributed by atoms with van der Waals surface area (Å²) in [4.78, 5) is 9.49. The van der Waals surface area contributed by atoms with Crippen molar-refractivity contribution in [3.05, 3.63) is 0 Å². The maximum absolute atomic E-state index is 9.49. The van der Waals surface area contributed by atoms with Gasteiger partial charge in [-0.3, -0.25) is 0 Å². The third kappa shape index (κ3) is 13.4. The molecule has 0 unspecified atom stereocenters. The second-order valence-corrected chi connectivity index (χ2v) is 10.7. The minimum Gasteiger partial charge on any atom is -0.432 e. The topological polar surface area (TPSA) is 20.2 Å². The van der Waals surface area contributed by atoms with E-state index in [4.69, 9.17) is 0 Å². The monoisotopic (exact) mass is 293 g/mol. The zero-order valence-corrected chi connectivity index (χ0v) is 15.0. The van der Waals surface area contributed by atoms with Crippen LogP contribution in [0.3, 0.4) is 0 Å². The standard InChI is InChI=1S/C6H16OSi.C4H9.BrH.Mg/c1-6(2,3)8(4,5)7;1-4(2)3;;/h7H,1-5H3;4H,1H2,2-3H3;1H;/q;;;+2. The van der Waals surface area contributed by atoms with E-state index >= 15 is 0 Å². The van der Waals surface area contributed by atoms with Gasteiger partial charge in [-0.15, -0.1) is 17.0 Å². The van der Waals surface area contributed by atoms with Gasteiger partial charge in [-0.1, -0.05) is 34.6 Å². The Morgan fingerprint density at radius 1 is 1.21 bits per heavy atom. The molecule has 0 aromatic rings. The fourth-order valence-corrected chi connectivity index (χ4v) is 0. The molecule has 7 radical (unpaired) electrons. The van der Waals surface area contributed by atoms with Gasteiger partial charge in [0, 0.05) is 5.92 Å². The largest absolute Gasteiger partial charge is 1.41 e. The summed E-state index contributed by atoms with van der Waals surface area (Å²) in [5.74, 6) is 0.897. The predicted octanol–water partition coefficient (Wildman–Crippen LogP) is 3.79. The summed E-state index contributed by atoms with van der Waals surface area (Å²) in [7, 11) is -1.86. The highest BCUT2D eigenvalue weighted by atomic mass is 79.9. The Morgan fingerprint density at radius 3 is 1.36 bits per heavy atom. The van der Waals surface area contributed by atoms with E-state index in [9.17, 15) is 4.80 Å². The molecule has 0 aliphatic heterocycles. The normalized spacial score (nSPS) is 11.6. The second-order valence-electron chi connectivity index (χ2n) is 5.49. The van der Waals surface area contributed by atoms with Crippen LogP contribution in [0.5, 0.6) is 0 Å². The van der Waals surface area contributed by atoms with E-state index in [-0.39, 0.29) is 22.0 Å². The number of hydrogen-bond donors (Lipinski definition) is 1. The fraction of sp³-hybridized carbons (Fsp3) is 1.00. The van der Waals surface area contributed by atoms with Gasteiger partial charge in [0.15, 0.2) is 8.32 Å². The molecule has 1 nitrogen and oxygen atoms in total. The van der Waals surface area contributed by atoms with Crippen LogP contribution in [0.25, 0.3) is 0 Å². The Labute approximate surface area is 114 Å². The quantitative estimate of drug-likeness (QED) is 0.730. The molecule has 0 saturated heterocycles. The molecule has 1 N–H and O–H groups in total. The first-order valence-electron chi connectivity index (χ1n) is 5.04. The SMILES string of the molecule is Br.CC(C)(C)[Si](C)(C)O.CC(C)[CH2][Mg+2]. The van der Waals surface area contributed by atoms with Crippen molar-refractivity contribution < 1.29 is 4.80 Å². The summed E-state index contributed by atoms with van der Waals surface area (Å²) in [6, 6.07) is 0. The Morgan fingerprint density at radius 2 is 1.36 bits per heavy atom. The molecule has 0 fully saturated rings. The highest BCUT2D eigenvalue weighted by Gasteiger charge is 2.32. The summed E-state index contributed by atoms with van der Waals surface area (Å²) < 4.78 is 1.33. The van der Waals surface area contributed by atoms with Crippen molar-refractivity contribution in [2.24, 2.45) is 5.92 Å². The molecule has 0 aliphatic carbocycles. The van der Waals surface area contributed by atoms with E-state index < -0.39 is 8.32 Å². The van der Waals surface area contributed by atoms with Crippen LogP contribution >= 0.6 is 17.0 Å². The number of hydrogen-bond acceptors (Lipinski definition) is 1. The van der Waals surface area contributed by atoms with Gasteiger partial charge in [-0.2, -0.15) is 0 Å². The molecule has 14 heavy (non-hydrogen) atoms. The van der Waals surface area contributed by atoms with Crippen molar-refractivity contribution in [3.8, 4) is 0 Å². The molecule has 0 bridgehead atoms. The first kappa shape index (κ1) is 20.8. The first-order valence-corrected chi connectivity index (χ1v) is 8.98. The molecular weight excluding hydrogens is 268 g/mol. The zero-order chi connectivity index (χ0) is 11.3. The van der Waals surface area contributed by atoms with Gasteiger partial charge in [0.2, 0.25) is 0 Å². The average Bonchev–Trinajstić information content (AvgIpc) is 1.84. The van der Waals surface area contributed by atoms with Crippen molar-refractivity contribution in [1.82, 2.24) is 0 Å². The van der Waals surface area contributed by atoms with E-state index in [1.807, 2.05) is 34.8 Å². The summed E-state index contributed by atoms with van der Waals surface area (Å²) in [6.07, 6.45) is 0. The number of halogens is 1. The Balaban J connectivity index is -0.000000177. The van der Waals surface area contributed by atoms with Crippen LogP contribution in [0.15, 0.2) is 0 Å². The van der Waals surface area contributed by atoms with Gasteiger partial charge in [0.05, 0.1) is 0 Å². The van der Waals surface area contributed by atoms with Crippen LogP contribution in [0.4, 0.5) is 0 Å². The molecule has 0 aromatic heterocycles. The maximum atomic E-state index is 9.49. The maximum Gasteiger partial charge on any atom is 1.41 e. The van der Waals surface area contributed by atoms with Gasteiger partial charge in [0.1, 0.15) is 0 Å². The van der Waals surface area contributed by atoms with Crippen LogP contribution < -0.4 is 0 Å². The summed E-state index contributed by atoms with van der Waals surface area (Å²) in [5, 5.41) is 0.132. The van der Waals surface area contributed by atoms with E-state index in [2.05, 4.69) is 34.6 Å². The lowest BCUT2D eigenvalue weighted by Crippen LogP contribution is -2.36. The molecule has 0 saturated carbocycles. The van der Waals surface area contributed by atoms with E-state index in [1.54, 1.807) is 0 Å². The molecule has 0 spiro atoms. The van der Waals surface area contributed by atoms with Gasteiger partial charge in [-0.25, -0.2) is 0 Å². The minimum absolute atomic E-state index is 0. The Bertz CT molecular complexity index is 115. The second kappa shape index (κ2) is 8.56.